The van der Waals surface area contributed by atoms with Gasteiger partial charge in [0.05, 0.1) is 17.9 Å². The number of amides is 2. The summed E-state index contributed by atoms with van der Waals surface area (Å²) in [5.41, 5.74) is 0.232. The predicted molar refractivity (Wildman–Crippen MR) is 143 cm³/mol. The van der Waals surface area contributed by atoms with Gasteiger partial charge in [0.25, 0.3) is 5.91 Å². The second-order valence-corrected chi connectivity index (χ2v) is 11.1. The molecule has 39 heavy (non-hydrogen) atoms. The van der Waals surface area contributed by atoms with Gasteiger partial charge in [-0.15, -0.1) is 0 Å². The van der Waals surface area contributed by atoms with E-state index in [4.69, 9.17) is 4.74 Å². The Morgan fingerprint density at radius 3 is 2.64 bits per heavy atom. The van der Waals surface area contributed by atoms with Crippen LogP contribution in [0.3, 0.4) is 0 Å². The molecular weight excluding hydrogens is 503 g/mol. The molecule has 2 atom stereocenters. The highest BCUT2D eigenvalue weighted by atomic mass is 19.1. The molecule has 10 nitrogen and oxygen atoms in total. The SMILES string of the molecule is CCN(C(=O)c1cc(F)ccc1Oc1cncnc1N1CC2(CCN(C(=O)[C@H]3NCC[C@H]3O)CC2)C1)C(C)C. The first kappa shape index (κ1) is 27.3. The molecule has 0 radical (unpaired) electrons. The van der Waals surface area contributed by atoms with E-state index in [9.17, 15) is 19.1 Å². The summed E-state index contributed by atoms with van der Waals surface area (Å²) in [6, 6.07) is 3.40. The molecule has 3 fully saturated rings. The van der Waals surface area contributed by atoms with Crippen LogP contribution in [0.1, 0.15) is 50.4 Å². The van der Waals surface area contributed by atoms with E-state index in [1.54, 1.807) is 11.1 Å². The van der Waals surface area contributed by atoms with Crippen molar-refractivity contribution in [2.75, 3.05) is 44.2 Å². The molecule has 0 aliphatic carbocycles. The van der Waals surface area contributed by atoms with Crippen LogP contribution in [0.2, 0.25) is 0 Å². The number of hydrogen-bond donors (Lipinski definition) is 2. The van der Waals surface area contributed by atoms with Crippen molar-refractivity contribution in [3.8, 4) is 11.5 Å². The third kappa shape index (κ3) is 5.42. The van der Waals surface area contributed by atoms with Gasteiger partial charge in [-0.1, -0.05) is 0 Å². The molecule has 3 aliphatic heterocycles. The lowest BCUT2D eigenvalue weighted by atomic mass is 9.72. The minimum Gasteiger partial charge on any atom is -0.451 e. The summed E-state index contributed by atoms with van der Waals surface area (Å²) in [7, 11) is 0. The molecule has 3 saturated heterocycles. The van der Waals surface area contributed by atoms with Gasteiger partial charge in [0.15, 0.2) is 11.6 Å². The Kier molecular flexibility index (Phi) is 7.73. The fourth-order valence-corrected chi connectivity index (χ4v) is 5.96. The van der Waals surface area contributed by atoms with Gasteiger partial charge in [0.2, 0.25) is 5.91 Å². The van der Waals surface area contributed by atoms with E-state index < -0.39 is 18.0 Å². The molecule has 1 aromatic carbocycles. The molecule has 5 rings (SSSR count). The number of nitrogens with zero attached hydrogens (tertiary/aromatic N) is 5. The van der Waals surface area contributed by atoms with Gasteiger partial charge in [-0.25, -0.2) is 14.4 Å². The Labute approximate surface area is 228 Å². The summed E-state index contributed by atoms with van der Waals surface area (Å²) in [4.78, 5) is 40.3. The first-order valence-electron chi connectivity index (χ1n) is 13.7. The molecular formula is C28H37FN6O4. The molecule has 3 aliphatic rings. The summed E-state index contributed by atoms with van der Waals surface area (Å²) in [6.07, 6.45) is 4.76. The van der Waals surface area contributed by atoms with E-state index in [0.29, 0.717) is 44.2 Å². The minimum absolute atomic E-state index is 0.0127. The van der Waals surface area contributed by atoms with Crippen LogP contribution in [0, 0.1) is 11.2 Å². The zero-order valence-electron chi connectivity index (χ0n) is 22.8. The van der Waals surface area contributed by atoms with Gasteiger partial charge in [0.1, 0.15) is 23.9 Å². The van der Waals surface area contributed by atoms with Crippen molar-refractivity contribution < 1.29 is 23.8 Å². The fraction of sp³-hybridized carbons (Fsp3) is 0.571. The van der Waals surface area contributed by atoms with Gasteiger partial charge in [-0.05, 0) is 64.8 Å². The van der Waals surface area contributed by atoms with Gasteiger partial charge >= 0.3 is 0 Å². The van der Waals surface area contributed by atoms with E-state index in [-0.39, 0.29) is 34.6 Å². The number of carbonyl (C=O) groups is 2. The van der Waals surface area contributed by atoms with E-state index in [1.807, 2.05) is 25.7 Å². The zero-order valence-corrected chi connectivity index (χ0v) is 22.8. The van der Waals surface area contributed by atoms with Gasteiger partial charge in [-0.2, -0.15) is 0 Å². The normalized spacial score (nSPS) is 22.2. The van der Waals surface area contributed by atoms with E-state index in [2.05, 4.69) is 20.2 Å². The molecule has 1 aromatic heterocycles. The smallest absolute Gasteiger partial charge is 0.257 e. The number of aromatic nitrogens is 2. The van der Waals surface area contributed by atoms with Gasteiger partial charge in [-0.3, -0.25) is 9.59 Å². The molecule has 2 aromatic rings. The second kappa shape index (κ2) is 11.1. The molecule has 0 saturated carbocycles. The number of nitrogens with one attached hydrogen (secondary N) is 1. The Hall–Kier alpha value is -3.31. The van der Waals surface area contributed by atoms with Crippen LogP contribution in [0.25, 0.3) is 0 Å². The fourth-order valence-electron chi connectivity index (χ4n) is 5.96. The number of rotatable bonds is 7. The van der Waals surface area contributed by atoms with Crippen molar-refractivity contribution in [2.45, 2.75) is 58.2 Å². The van der Waals surface area contributed by atoms with Crippen LogP contribution < -0.4 is 15.0 Å². The third-order valence-corrected chi connectivity index (χ3v) is 8.22. The first-order chi connectivity index (χ1) is 18.7. The Morgan fingerprint density at radius 2 is 2.00 bits per heavy atom. The maximum atomic E-state index is 14.2. The van der Waals surface area contributed by atoms with E-state index in [0.717, 1.165) is 25.9 Å². The highest BCUT2D eigenvalue weighted by Gasteiger charge is 2.47. The average Bonchev–Trinajstić information content (AvgIpc) is 3.34. The quantitative estimate of drug-likeness (QED) is 0.551. The predicted octanol–water partition coefficient (Wildman–Crippen LogP) is 2.43. The first-order valence-corrected chi connectivity index (χ1v) is 13.7. The summed E-state index contributed by atoms with van der Waals surface area (Å²) >= 11 is 0. The van der Waals surface area contributed by atoms with Gasteiger partial charge in [0, 0.05) is 44.2 Å². The van der Waals surface area contributed by atoms with Crippen LogP contribution in [0.15, 0.2) is 30.7 Å². The maximum absolute atomic E-state index is 14.2. The lowest BCUT2D eigenvalue weighted by Crippen LogP contribution is -2.62. The number of aliphatic hydroxyl groups is 1. The topological polar surface area (TPSA) is 111 Å². The molecule has 210 valence electrons. The monoisotopic (exact) mass is 540 g/mol. The summed E-state index contributed by atoms with van der Waals surface area (Å²) in [5.74, 6) is 0.441. The van der Waals surface area contributed by atoms with Crippen molar-refractivity contribution in [1.82, 2.24) is 25.1 Å². The van der Waals surface area contributed by atoms with Crippen LogP contribution in [-0.2, 0) is 4.79 Å². The zero-order chi connectivity index (χ0) is 27.7. The van der Waals surface area contributed by atoms with Crippen LogP contribution in [0.5, 0.6) is 11.5 Å². The van der Waals surface area contributed by atoms with Crippen molar-refractivity contribution in [3.63, 3.8) is 0 Å². The molecule has 2 N–H and O–H groups in total. The van der Waals surface area contributed by atoms with Gasteiger partial charge < -0.3 is 29.9 Å². The number of benzene rings is 1. The number of halogens is 1. The van der Waals surface area contributed by atoms with Crippen molar-refractivity contribution >= 4 is 17.6 Å². The minimum atomic E-state index is -0.615. The second-order valence-electron chi connectivity index (χ2n) is 11.1. The van der Waals surface area contributed by atoms with E-state index >= 15 is 0 Å². The van der Waals surface area contributed by atoms with E-state index in [1.165, 1.54) is 24.5 Å². The Bertz CT molecular complexity index is 1210. The highest BCUT2D eigenvalue weighted by Crippen LogP contribution is 2.45. The number of piperidine rings is 1. The highest BCUT2D eigenvalue weighted by molar-refractivity contribution is 5.97. The van der Waals surface area contributed by atoms with Crippen molar-refractivity contribution in [3.05, 3.63) is 42.1 Å². The molecule has 4 heterocycles. The van der Waals surface area contributed by atoms with Crippen LogP contribution >= 0.6 is 0 Å². The average molecular weight is 541 g/mol. The number of hydrogen-bond acceptors (Lipinski definition) is 8. The lowest BCUT2D eigenvalue weighted by molar-refractivity contribution is -0.137. The Balaban J connectivity index is 1.27. The molecule has 0 unspecified atom stereocenters. The molecule has 1 spiro atoms. The summed E-state index contributed by atoms with van der Waals surface area (Å²) < 4.78 is 20.3. The van der Waals surface area contributed by atoms with Crippen LogP contribution in [0.4, 0.5) is 10.2 Å². The molecule has 2 amide bonds. The summed E-state index contributed by atoms with van der Waals surface area (Å²) in [6.45, 7) is 9.72. The van der Waals surface area contributed by atoms with Crippen molar-refractivity contribution in [2.24, 2.45) is 5.41 Å². The number of likely N-dealkylation sites (tertiary alicyclic amines) is 1. The molecule has 0 bridgehead atoms. The van der Waals surface area contributed by atoms with Crippen molar-refractivity contribution in [1.29, 1.82) is 0 Å². The molecule has 11 heteroatoms. The Morgan fingerprint density at radius 1 is 1.26 bits per heavy atom. The largest absolute Gasteiger partial charge is 0.451 e. The summed E-state index contributed by atoms with van der Waals surface area (Å²) in [5, 5.41) is 13.2. The lowest BCUT2D eigenvalue weighted by Gasteiger charge is -2.54. The standard InChI is InChI=1S/C28H37FN6O4/c1-4-35(18(2)3)26(37)20-13-19(29)5-6-22(20)39-23-14-30-17-32-25(23)34-15-28(16-34)8-11-33(12-9-28)27(38)24-21(36)7-10-31-24/h5-6,13-14,17-18,21,24,31,36H,4,7-12,15-16H2,1-3H3/t21-,24+/m1/s1. The van der Waals surface area contributed by atoms with Crippen LogP contribution in [-0.4, -0.2) is 94.1 Å². The number of anilines is 1. The third-order valence-electron chi connectivity index (χ3n) is 8.22. The number of carbonyl (C=O) groups excluding carboxylic acids is 2. The maximum Gasteiger partial charge on any atom is 0.257 e. The number of aliphatic hydroxyl groups excluding tert-OH is 1. The number of ether oxygens (including phenoxy) is 1.